The molecule has 0 fully saturated rings. The van der Waals surface area contributed by atoms with E-state index in [1.165, 1.54) is 0 Å². The third-order valence-electron chi connectivity index (χ3n) is 2.16. The summed E-state index contributed by atoms with van der Waals surface area (Å²) >= 11 is 0. The molecule has 0 spiro atoms. The van der Waals surface area contributed by atoms with Crippen LogP contribution in [0.1, 0.15) is 37.1 Å². The van der Waals surface area contributed by atoms with Gasteiger partial charge in [-0.05, 0) is 38.3 Å². The zero-order valence-electron chi connectivity index (χ0n) is 8.83. The van der Waals surface area contributed by atoms with E-state index in [0.717, 1.165) is 29.7 Å². The number of hydrogen-bond donors (Lipinski definition) is 1. The Labute approximate surface area is 85.3 Å². The van der Waals surface area contributed by atoms with Crippen LogP contribution in [0.3, 0.4) is 0 Å². The van der Waals surface area contributed by atoms with Gasteiger partial charge in [-0.3, -0.25) is 4.98 Å². The van der Waals surface area contributed by atoms with Crippen LogP contribution >= 0.6 is 0 Å². The second-order valence-corrected chi connectivity index (χ2v) is 3.74. The van der Waals surface area contributed by atoms with Gasteiger partial charge in [0.25, 0.3) is 0 Å². The molecule has 1 rings (SSSR count). The van der Waals surface area contributed by atoms with Gasteiger partial charge in [0.05, 0.1) is 6.10 Å². The molecular weight excluding hydrogens is 174 g/mol. The van der Waals surface area contributed by atoms with Crippen LogP contribution < -0.4 is 0 Å². The fourth-order valence-electron chi connectivity index (χ4n) is 1.23. The van der Waals surface area contributed by atoms with Gasteiger partial charge in [-0.1, -0.05) is 11.6 Å². The van der Waals surface area contributed by atoms with Crippen LogP contribution in [0.25, 0.3) is 0 Å². The highest BCUT2D eigenvalue weighted by atomic mass is 16.3. The van der Waals surface area contributed by atoms with Crippen LogP contribution in [0.4, 0.5) is 0 Å². The van der Waals surface area contributed by atoms with E-state index < -0.39 is 6.10 Å². The smallest absolute Gasteiger partial charge is 0.0808 e. The fourth-order valence-corrected chi connectivity index (χ4v) is 1.23. The molecule has 0 saturated carbocycles. The van der Waals surface area contributed by atoms with Crippen LogP contribution in [0.2, 0.25) is 0 Å². The van der Waals surface area contributed by atoms with E-state index >= 15 is 0 Å². The molecule has 0 aliphatic heterocycles. The van der Waals surface area contributed by atoms with Crippen molar-refractivity contribution < 1.29 is 5.11 Å². The number of hydrogen-bond acceptors (Lipinski definition) is 2. The Bertz CT molecular complexity index is 303. The Morgan fingerprint density at radius 3 is 2.79 bits per heavy atom. The number of aliphatic hydroxyl groups excluding tert-OH is 1. The molecule has 1 unspecified atom stereocenters. The van der Waals surface area contributed by atoms with E-state index in [9.17, 15) is 5.11 Å². The molecule has 1 aromatic rings. The third kappa shape index (κ3) is 3.30. The normalized spacial score (nSPS) is 12.5. The summed E-state index contributed by atoms with van der Waals surface area (Å²) < 4.78 is 0. The van der Waals surface area contributed by atoms with Gasteiger partial charge in [-0.2, -0.15) is 0 Å². The van der Waals surface area contributed by atoms with E-state index in [4.69, 9.17) is 0 Å². The molecule has 1 aromatic heterocycles. The van der Waals surface area contributed by atoms with Crippen molar-refractivity contribution >= 4 is 0 Å². The second-order valence-electron chi connectivity index (χ2n) is 3.74. The zero-order valence-corrected chi connectivity index (χ0v) is 8.83. The lowest BCUT2D eigenvalue weighted by molar-refractivity contribution is 0.167. The number of pyridine rings is 1. The summed E-state index contributed by atoms with van der Waals surface area (Å²) in [7, 11) is 0. The summed E-state index contributed by atoms with van der Waals surface area (Å²) in [5.41, 5.74) is 2.96. The van der Waals surface area contributed by atoms with Gasteiger partial charge in [0, 0.05) is 11.9 Å². The molecule has 0 amide bonds. The molecule has 0 bridgehead atoms. The summed E-state index contributed by atoms with van der Waals surface area (Å²) in [6.07, 6.45) is 2.90. The predicted molar refractivity (Wildman–Crippen MR) is 58.0 cm³/mol. The predicted octanol–water partition coefficient (Wildman–Crippen LogP) is 2.78. The SMILES string of the molecule is C=C(C)CCC(O)c1ccc(C)nc1. The van der Waals surface area contributed by atoms with Crippen LogP contribution in [-0.2, 0) is 0 Å². The molecule has 0 saturated heterocycles. The number of rotatable bonds is 4. The van der Waals surface area contributed by atoms with Crippen molar-refractivity contribution in [3.05, 3.63) is 41.7 Å². The van der Waals surface area contributed by atoms with E-state index in [2.05, 4.69) is 11.6 Å². The number of allylic oxidation sites excluding steroid dienone is 1. The Balaban J connectivity index is 2.56. The first-order chi connectivity index (χ1) is 6.59. The molecule has 76 valence electrons. The highest BCUT2D eigenvalue weighted by Crippen LogP contribution is 2.19. The van der Waals surface area contributed by atoms with Gasteiger partial charge in [-0.15, -0.1) is 6.58 Å². The minimum Gasteiger partial charge on any atom is -0.388 e. The first-order valence-corrected chi connectivity index (χ1v) is 4.84. The first-order valence-electron chi connectivity index (χ1n) is 4.84. The maximum Gasteiger partial charge on any atom is 0.0808 e. The second kappa shape index (κ2) is 4.91. The molecule has 2 heteroatoms. The van der Waals surface area contributed by atoms with Crippen LogP contribution in [0.15, 0.2) is 30.5 Å². The number of aryl methyl sites for hydroxylation is 1. The highest BCUT2D eigenvalue weighted by Gasteiger charge is 2.06. The lowest BCUT2D eigenvalue weighted by Crippen LogP contribution is -1.98. The lowest BCUT2D eigenvalue weighted by Gasteiger charge is -2.10. The van der Waals surface area contributed by atoms with Crippen molar-refractivity contribution in [3.8, 4) is 0 Å². The number of aromatic nitrogens is 1. The quantitative estimate of drug-likeness (QED) is 0.742. The van der Waals surface area contributed by atoms with Crippen molar-refractivity contribution in [1.29, 1.82) is 0 Å². The monoisotopic (exact) mass is 191 g/mol. The summed E-state index contributed by atoms with van der Waals surface area (Å²) in [4.78, 5) is 4.14. The van der Waals surface area contributed by atoms with Crippen LogP contribution in [0, 0.1) is 6.92 Å². The number of aliphatic hydroxyl groups is 1. The lowest BCUT2D eigenvalue weighted by atomic mass is 10.0. The van der Waals surface area contributed by atoms with Crippen molar-refractivity contribution in [2.45, 2.75) is 32.8 Å². The average Bonchev–Trinajstić information content (AvgIpc) is 2.15. The standard InChI is InChI=1S/C12H17NO/c1-9(2)4-7-12(14)11-6-5-10(3)13-8-11/h5-6,8,12,14H,1,4,7H2,2-3H3. The fraction of sp³-hybridized carbons (Fsp3) is 0.417. The summed E-state index contributed by atoms with van der Waals surface area (Å²) in [6, 6.07) is 3.84. The van der Waals surface area contributed by atoms with E-state index in [0.29, 0.717) is 0 Å². The molecule has 2 nitrogen and oxygen atoms in total. The maximum absolute atomic E-state index is 9.78. The van der Waals surface area contributed by atoms with Gasteiger partial charge in [0.2, 0.25) is 0 Å². The van der Waals surface area contributed by atoms with Gasteiger partial charge >= 0.3 is 0 Å². The molecular formula is C12H17NO. The van der Waals surface area contributed by atoms with E-state index in [1.807, 2.05) is 26.0 Å². The van der Waals surface area contributed by atoms with Crippen molar-refractivity contribution in [1.82, 2.24) is 4.98 Å². The molecule has 0 radical (unpaired) electrons. The molecule has 0 aliphatic carbocycles. The first kappa shape index (κ1) is 10.9. The average molecular weight is 191 g/mol. The molecule has 1 heterocycles. The minimum absolute atomic E-state index is 0.417. The summed E-state index contributed by atoms with van der Waals surface area (Å²) in [6.45, 7) is 7.72. The Hall–Kier alpha value is -1.15. The molecule has 0 aromatic carbocycles. The van der Waals surface area contributed by atoms with Crippen molar-refractivity contribution in [2.75, 3.05) is 0 Å². The van der Waals surface area contributed by atoms with Crippen molar-refractivity contribution in [3.63, 3.8) is 0 Å². The Kier molecular flexibility index (Phi) is 3.84. The Morgan fingerprint density at radius 2 is 2.29 bits per heavy atom. The van der Waals surface area contributed by atoms with E-state index in [-0.39, 0.29) is 0 Å². The zero-order chi connectivity index (χ0) is 10.6. The molecule has 1 atom stereocenters. The van der Waals surface area contributed by atoms with Gasteiger partial charge in [0.1, 0.15) is 0 Å². The minimum atomic E-state index is -0.417. The van der Waals surface area contributed by atoms with Gasteiger partial charge in [-0.25, -0.2) is 0 Å². The summed E-state index contributed by atoms with van der Waals surface area (Å²) in [5, 5.41) is 9.78. The third-order valence-corrected chi connectivity index (χ3v) is 2.16. The summed E-state index contributed by atoms with van der Waals surface area (Å²) in [5.74, 6) is 0. The molecule has 0 aliphatic rings. The van der Waals surface area contributed by atoms with Gasteiger partial charge < -0.3 is 5.11 Å². The molecule has 14 heavy (non-hydrogen) atoms. The van der Waals surface area contributed by atoms with Crippen LogP contribution in [0.5, 0.6) is 0 Å². The Morgan fingerprint density at radius 1 is 1.57 bits per heavy atom. The van der Waals surface area contributed by atoms with Crippen molar-refractivity contribution in [2.24, 2.45) is 0 Å². The number of nitrogens with zero attached hydrogens (tertiary/aromatic N) is 1. The van der Waals surface area contributed by atoms with Gasteiger partial charge in [0.15, 0.2) is 0 Å². The van der Waals surface area contributed by atoms with E-state index in [1.54, 1.807) is 6.20 Å². The largest absolute Gasteiger partial charge is 0.388 e. The maximum atomic E-state index is 9.78. The molecule has 1 N–H and O–H groups in total. The topological polar surface area (TPSA) is 33.1 Å². The van der Waals surface area contributed by atoms with Crippen LogP contribution in [-0.4, -0.2) is 10.1 Å². The highest BCUT2D eigenvalue weighted by molar-refractivity contribution is 5.15.